The van der Waals surface area contributed by atoms with E-state index in [9.17, 15) is 4.39 Å². The van der Waals surface area contributed by atoms with E-state index in [1.807, 2.05) is 0 Å². The van der Waals surface area contributed by atoms with Crippen molar-refractivity contribution in [1.82, 2.24) is 0 Å². The first-order chi connectivity index (χ1) is 7.33. The lowest BCUT2D eigenvalue weighted by atomic mass is 9.88. The Labute approximate surface area is 102 Å². The van der Waals surface area contributed by atoms with E-state index < -0.39 is 0 Å². The monoisotopic (exact) mass is 244 g/mol. The molecule has 90 valence electrons. The smallest absolute Gasteiger partial charge is 0.131 e. The molecule has 1 nitrogen and oxygen atoms in total. The molecule has 1 rings (SSSR count). The SMILES string of the molecule is COc1ccc(C(Cl)CC(C)(C)C)c(F)c1. The van der Waals surface area contributed by atoms with Crippen molar-refractivity contribution in [2.45, 2.75) is 32.6 Å². The van der Waals surface area contributed by atoms with Gasteiger partial charge in [0.05, 0.1) is 12.5 Å². The van der Waals surface area contributed by atoms with E-state index in [-0.39, 0.29) is 16.6 Å². The van der Waals surface area contributed by atoms with Crippen LogP contribution in [0.2, 0.25) is 0 Å². The second kappa shape index (κ2) is 5.05. The predicted molar refractivity (Wildman–Crippen MR) is 65.6 cm³/mol. The Morgan fingerprint density at radius 3 is 2.44 bits per heavy atom. The van der Waals surface area contributed by atoms with Crippen LogP contribution in [0.1, 0.15) is 38.1 Å². The Morgan fingerprint density at radius 2 is 2.00 bits per heavy atom. The highest BCUT2D eigenvalue weighted by atomic mass is 35.5. The van der Waals surface area contributed by atoms with Gasteiger partial charge < -0.3 is 4.74 Å². The van der Waals surface area contributed by atoms with Crippen LogP contribution in [0.5, 0.6) is 5.75 Å². The van der Waals surface area contributed by atoms with Gasteiger partial charge in [-0.3, -0.25) is 0 Å². The van der Waals surface area contributed by atoms with Crippen LogP contribution in [-0.4, -0.2) is 7.11 Å². The topological polar surface area (TPSA) is 9.23 Å². The highest BCUT2D eigenvalue weighted by Crippen LogP contribution is 2.35. The summed E-state index contributed by atoms with van der Waals surface area (Å²) in [6.45, 7) is 6.26. The van der Waals surface area contributed by atoms with Crippen LogP contribution >= 0.6 is 11.6 Å². The van der Waals surface area contributed by atoms with Crippen LogP contribution in [0.4, 0.5) is 4.39 Å². The minimum absolute atomic E-state index is 0.0821. The molecule has 0 aromatic heterocycles. The van der Waals surface area contributed by atoms with E-state index in [1.165, 1.54) is 13.2 Å². The maximum absolute atomic E-state index is 13.7. The average Bonchev–Trinajstić information content (AvgIpc) is 2.14. The number of hydrogen-bond acceptors (Lipinski definition) is 1. The predicted octanol–water partition coefficient (Wildman–Crippen LogP) is 4.55. The Balaban J connectivity index is 2.88. The zero-order valence-corrected chi connectivity index (χ0v) is 10.9. The Bertz CT molecular complexity index is 357. The summed E-state index contributed by atoms with van der Waals surface area (Å²) in [5.41, 5.74) is 0.621. The number of rotatable bonds is 3. The normalized spacial score (nSPS) is 13.6. The van der Waals surface area contributed by atoms with E-state index >= 15 is 0 Å². The molecular weight excluding hydrogens is 227 g/mol. The molecule has 0 saturated heterocycles. The Morgan fingerprint density at radius 1 is 1.38 bits per heavy atom. The van der Waals surface area contributed by atoms with E-state index in [1.54, 1.807) is 12.1 Å². The first kappa shape index (κ1) is 13.3. The quantitative estimate of drug-likeness (QED) is 0.709. The maximum atomic E-state index is 13.7. The van der Waals surface area contributed by atoms with Crippen molar-refractivity contribution in [3.05, 3.63) is 29.6 Å². The van der Waals surface area contributed by atoms with Gasteiger partial charge >= 0.3 is 0 Å². The van der Waals surface area contributed by atoms with Gasteiger partial charge in [0.2, 0.25) is 0 Å². The lowest BCUT2D eigenvalue weighted by Gasteiger charge is -2.22. The van der Waals surface area contributed by atoms with Crippen molar-refractivity contribution in [1.29, 1.82) is 0 Å². The van der Waals surface area contributed by atoms with Crippen LogP contribution < -0.4 is 4.74 Å². The van der Waals surface area contributed by atoms with Crippen molar-refractivity contribution in [2.75, 3.05) is 7.11 Å². The molecule has 16 heavy (non-hydrogen) atoms. The summed E-state index contributed by atoms with van der Waals surface area (Å²) >= 11 is 6.21. The molecule has 1 aromatic carbocycles. The third-order valence-corrected chi connectivity index (χ3v) is 2.73. The summed E-state index contributed by atoms with van der Waals surface area (Å²) in [7, 11) is 1.52. The van der Waals surface area contributed by atoms with Crippen molar-refractivity contribution >= 4 is 11.6 Å². The number of methoxy groups -OCH3 is 1. The van der Waals surface area contributed by atoms with E-state index in [2.05, 4.69) is 20.8 Å². The summed E-state index contributed by atoms with van der Waals surface area (Å²) in [5, 5.41) is -0.300. The fourth-order valence-electron chi connectivity index (χ4n) is 1.54. The molecule has 0 bridgehead atoms. The zero-order chi connectivity index (χ0) is 12.3. The lowest BCUT2D eigenvalue weighted by Crippen LogP contribution is -2.09. The molecule has 1 unspecified atom stereocenters. The van der Waals surface area contributed by atoms with Crippen molar-refractivity contribution in [2.24, 2.45) is 5.41 Å². The molecule has 0 aliphatic carbocycles. The van der Waals surface area contributed by atoms with Crippen LogP contribution in [0, 0.1) is 11.2 Å². The first-order valence-electron chi connectivity index (χ1n) is 5.31. The summed E-state index contributed by atoms with van der Waals surface area (Å²) in [6.07, 6.45) is 0.734. The van der Waals surface area contributed by atoms with E-state index in [4.69, 9.17) is 16.3 Å². The molecule has 0 fully saturated rings. The maximum Gasteiger partial charge on any atom is 0.131 e. The standard InChI is InChI=1S/C13H18ClFO/c1-13(2,3)8-11(14)10-6-5-9(16-4)7-12(10)15/h5-7,11H,8H2,1-4H3. The van der Waals surface area contributed by atoms with Gasteiger partial charge in [-0.2, -0.15) is 0 Å². The number of halogens is 2. The number of benzene rings is 1. The van der Waals surface area contributed by atoms with Gasteiger partial charge in [-0.05, 0) is 17.9 Å². The molecule has 1 atom stereocenters. The highest BCUT2D eigenvalue weighted by Gasteiger charge is 2.20. The second-order valence-corrected chi connectivity index (χ2v) is 5.65. The van der Waals surface area contributed by atoms with Gasteiger partial charge in [0.15, 0.2) is 0 Å². The molecule has 0 radical (unpaired) electrons. The Hall–Kier alpha value is -0.760. The third-order valence-electron chi connectivity index (χ3n) is 2.34. The van der Waals surface area contributed by atoms with E-state index in [0.29, 0.717) is 11.3 Å². The van der Waals surface area contributed by atoms with Crippen molar-refractivity contribution in [3.8, 4) is 5.75 Å². The van der Waals surface area contributed by atoms with Crippen LogP contribution in [-0.2, 0) is 0 Å². The Kier molecular flexibility index (Phi) is 4.20. The van der Waals surface area contributed by atoms with Gasteiger partial charge in [0.1, 0.15) is 11.6 Å². The summed E-state index contributed by atoms with van der Waals surface area (Å²) in [4.78, 5) is 0. The van der Waals surface area contributed by atoms with Gasteiger partial charge in [0.25, 0.3) is 0 Å². The number of alkyl halides is 1. The van der Waals surface area contributed by atoms with Gasteiger partial charge in [-0.25, -0.2) is 4.39 Å². The summed E-state index contributed by atoms with van der Waals surface area (Å²) in [6, 6.07) is 4.79. The van der Waals surface area contributed by atoms with Crippen LogP contribution in [0.3, 0.4) is 0 Å². The minimum atomic E-state index is -0.302. The van der Waals surface area contributed by atoms with Crippen LogP contribution in [0.25, 0.3) is 0 Å². The fourth-order valence-corrected chi connectivity index (χ4v) is 2.18. The molecule has 0 aliphatic heterocycles. The van der Waals surface area contributed by atoms with Crippen molar-refractivity contribution < 1.29 is 9.13 Å². The first-order valence-corrected chi connectivity index (χ1v) is 5.74. The molecule has 0 N–H and O–H groups in total. The molecule has 0 saturated carbocycles. The molecule has 0 amide bonds. The lowest BCUT2D eigenvalue weighted by molar-refractivity contribution is 0.368. The average molecular weight is 245 g/mol. The largest absolute Gasteiger partial charge is 0.497 e. The molecular formula is C13H18ClFO. The molecule has 0 heterocycles. The fraction of sp³-hybridized carbons (Fsp3) is 0.538. The summed E-state index contributed by atoms with van der Waals surface area (Å²) in [5.74, 6) is 0.212. The number of ether oxygens (including phenoxy) is 1. The molecule has 0 aliphatic rings. The van der Waals surface area contributed by atoms with Crippen LogP contribution in [0.15, 0.2) is 18.2 Å². The minimum Gasteiger partial charge on any atom is -0.497 e. The highest BCUT2D eigenvalue weighted by molar-refractivity contribution is 6.20. The van der Waals surface area contributed by atoms with Crippen molar-refractivity contribution in [3.63, 3.8) is 0 Å². The van der Waals surface area contributed by atoms with Gasteiger partial charge in [-0.15, -0.1) is 11.6 Å². The second-order valence-electron chi connectivity index (χ2n) is 5.12. The third kappa shape index (κ3) is 3.67. The zero-order valence-electron chi connectivity index (χ0n) is 10.2. The van der Waals surface area contributed by atoms with Gasteiger partial charge in [0, 0.05) is 11.6 Å². The molecule has 3 heteroatoms. The van der Waals surface area contributed by atoms with Gasteiger partial charge in [-0.1, -0.05) is 26.8 Å². The van der Waals surface area contributed by atoms with E-state index in [0.717, 1.165) is 6.42 Å². The number of hydrogen-bond donors (Lipinski definition) is 0. The molecule has 0 spiro atoms. The summed E-state index contributed by atoms with van der Waals surface area (Å²) < 4.78 is 18.6. The molecule has 1 aromatic rings.